The molecule has 2 N–H and O–H groups in total. The first kappa shape index (κ1) is 33.4. The number of alkyl carbamates (subject to hydrolysis) is 1. The number of carbonyl (C=O) groups is 1. The van der Waals surface area contributed by atoms with E-state index in [1.807, 2.05) is 24.3 Å². The van der Waals surface area contributed by atoms with Crippen molar-refractivity contribution in [3.8, 4) is 11.1 Å². The SMILES string of the molecule is C=CCOC(=O)NCc1cccc(-c2cccc([C@H]3O[C@@H](CN4CC5(C)CC4CC(C)(C)C5)[C@@H](C)[C@@H](c4ccc(CO)cc4)O3)c2)c1. The molecular formula is C40H50N2O5. The van der Waals surface area contributed by atoms with Gasteiger partial charge in [-0.05, 0) is 70.0 Å². The van der Waals surface area contributed by atoms with Crippen LogP contribution < -0.4 is 5.32 Å². The van der Waals surface area contributed by atoms with Gasteiger partial charge in [0.2, 0.25) is 0 Å². The number of likely N-dealkylation sites (tertiary alicyclic amines) is 1. The van der Waals surface area contributed by atoms with Crippen molar-refractivity contribution in [3.63, 3.8) is 0 Å². The van der Waals surface area contributed by atoms with Gasteiger partial charge < -0.3 is 24.6 Å². The zero-order valence-corrected chi connectivity index (χ0v) is 28.3. The van der Waals surface area contributed by atoms with E-state index in [1.54, 1.807) is 6.08 Å². The second-order valence-electron chi connectivity index (χ2n) is 15.0. The van der Waals surface area contributed by atoms with Crippen molar-refractivity contribution in [2.45, 2.75) is 84.6 Å². The fraction of sp³-hybridized carbons (Fsp3) is 0.475. The van der Waals surface area contributed by atoms with Crippen LogP contribution >= 0.6 is 0 Å². The molecule has 7 nitrogen and oxygen atoms in total. The van der Waals surface area contributed by atoms with Crippen LogP contribution in [0.15, 0.2) is 85.5 Å². The Labute approximate surface area is 279 Å². The summed E-state index contributed by atoms with van der Waals surface area (Å²) in [6, 6.07) is 25.3. The Morgan fingerprint density at radius 2 is 1.74 bits per heavy atom. The van der Waals surface area contributed by atoms with Crippen molar-refractivity contribution in [1.29, 1.82) is 0 Å². The van der Waals surface area contributed by atoms with Crippen molar-refractivity contribution in [2.24, 2.45) is 16.7 Å². The topological polar surface area (TPSA) is 80.3 Å². The highest BCUT2D eigenvalue weighted by atomic mass is 16.7. The molecule has 2 heterocycles. The Bertz CT molecular complexity index is 1550. The van der Waals surface area contributed by atoms with Gasteiger partial charge in [0.05, 0.1) is 18.8 Å². The molecule has 6 atom stereocenters. The number of nitrogens with zero attached hydrogens (tertiary/aromatic N) is 1. The number of benzene rings is 3. The average molecular weight is 639 g/mol. The molecule has 1 saturated carbocycles. The lowest BCUT2D eigenvalue weighted by Gasteiger charge is -2.43. The van der Waals surface area contributed by atoms with Crippen LogP contribution in [0.5, 0.6) is 0 Å². The molecule has 2 bridgehead atoms. The van der Waals surface area contributed by atoms with Crippen molar-refractivity contribution < 1.29 is 24.1 Å². The third kappa shape index (κ3) is 7.81. The quantitative estimate of drug-likeness (QED) is 0.220. The molecule has 7 heteroatoms. The number of carbonyl (C=O) groups excluding carboxylic acids is 1. The van der Waals surface area contributed by atoms with Crippen LogP contribution in [0.2, 0.25) is 0 Å². The summed E-state index contributed by atoms with van der Waals surface area (Å²) < 4.78 is 18.8. The molecular weight excluding hydrogens is 588 g/mol. The summed E-state index contributed by atoms with van der Waals surface area (Å²) in [6.45, 7) is 15.7. The Hall–Kier alpha value is -3.49. The van der Waals surface area contributed by atoms with Crippen LogP contribution in [0.1, 0.15) is 81.6 Å². The van der Waals surface area contributed by atoms with E-state index in [2.05, 4.69) is 93.0 Å². The average Bonchev–Trinajstić information content (AvgIpc) is 3.30. The predicted molar refractivity (Wildman–Crippen MR) is 184 cm³/mol. The molecule has 3 aliphatic rings. The van der Waals surface area contributed by atoms with Gasteiger partial charge in [-0.1, -0.05) is 101 Å². The van der Waals surface area contributed by atoms with Crippen molar-refractivity contribution >= 4 is 6.09 Å². The predicted octanol–water partition coefficient (Wildman–Crippen LogP) is 7.95. The second kappa shape index (κ2) is 13.9. The standard InChI is InChI=1S/C40H50N2O5/c1-6-17-45-38(44)41-22-29-9-7-10-31(18-29)32-11-8-12-33(19-32)37-46-35(23-42-26-40(5)21-34(42)20-39(3,4)25-40)27(2)36(47-37)30-15-13-28(24-43)14-16-30/h6-16,18-19,27,34-37,43H,1,17,20-26H2,2-5H3,(H,41,44)/t27-,34?,35+,36+,37+,40?/m1/s1. The molecule has 0 radical (unpaired) electrons. The van der Waals surface area contributed by atoms with Crippen LogP contribution in [-0.4, -0.2) is 47.9 Å². The number of ether oxygens (including phenoxy) is 3. The van der Waals surface area contributed by atoms with Gasteiger partial charge in [0, 0.05) is 37.2 Å². The summed E-state index contributed by atoms with van der Waals surface area (Å²) in [5.74, 6) is 0.137. The van der Waals surface area contributed by atoms with E-state index in [0.717, 1.165) is 46.5 Å². The molecule has 1 aliphatic carbocycles. The molecule has 0 aromatic heterocycles. The van der Waals surface area contributed by atoms with Gasteiger partial charge >= 0.3 is 6.09 Å². The van der Waals surface area contributed by atoms with Crippen LogP contribution in [-0.2, 0) is 27.4 Å². The summed E-state index contributed by atoms with van der Waals surface area (Å²) >= 11 is 0. The van der Waals surface area contributed by atoms with Crippen molar-refractivity contribution in [1.82, 2.24) is 10.2 Å². The van der Waals surface area contributed by atoms with Gasteiger partial charge in [0.1, 0.15) is 6.61 Å². The Balaban J connectivity index is 1.24. The minimum Gasteiger partial charge on any atom is -0.445 e. The molecule has 6 rings (SSSR count). The highest BCUT2D eigenvalue weighted by Crippen LogP contribution is 2.53. The smallest absolute Gasteiger partial charge is 0.407 e. The number of hydrogen-bond acceptors (Lipinski definition) is 6. The van der Waals surface area contributed by atoms with Gasteiger partial charge in [0.25, 0.3) is 0 Å². The lowest BCUT2D eigenvalue weighted by atomic mass is 9.65. The highest BCUT2D eigenvalue weighted by molar-refractivity contribution is 5.68. The number of aliphatic hydroxyl groups is 1. The zero-order valence-electron chi connectivity index (χ0n) is 28.3. The molecule has 47 heavy (non-hydrogen) atoms. The van der Waals surface area contributed by atoms with Crippen LogP contribution in [0, 0.1) is 16.7 Å². The van der Waals surface area contributed by atoms with Gasteiger partial charge in [0.15, 0.2) is 6.29 Å². The molecule has 2 saturated heterocycles. The van der Waals surface area contributed by atoms with Gasteiger partial charge in [-0.25, -0.2) is 4.79 Å². The molecule has 1 amide bonds. The maximum atomic E-state index is 11.9. The number of fused-ring (bicyclic) bond motifs is 2. The maximum Gasteiger partial charge on any atom is 0.407 e. The minimum absolute atomic E-state index is 0.0127. The summed E-state index contributed by atoms with van der Waals surface area (Å²) in [5, 5.41) is 12.4. The Kier molecular flexibility index (Phi) is 9.90. The fourth-order valence-corrected chi connectivity index (χ4v) is 8.44. The van der Waals surface area contributed by atoms with E-state index >= 15 is 0 Å². The first-order valence-electron chi connectivity index (χ1n) is 17.0. The van der Waals surface area contributed by atoms with Crippen LogP contribution in [0.3, 0.4) is 0 Å². The van der Waals surface area contributed by atoms with Crippen LogP contribution in [0.4, 0.5) is 4.79 Å². The third-order valence-electron chi connectivity index (χ3n) is 10.2. The number of nitrogens with one attached hydrogen (secondary N) is 1. The van der Waals surface area contributed by atoms with Gasteiger partial charge in [-0.3, -0.25) is 4.90 Å². The second-order valence-corrected chi connectivity index (χ2v) is 15.0. The zero-order chi connectivity index (χ0) is 33.2. The lowest BCUT2D eigenvalue weighted by molar-refractivity contribution is -0.276. The number of amides is 1. The number of rotatable bonds is 10. The van der Waals surface area contributed by atoms with Crippen molar-refractivity contribution in [3.05, 3.63) is 108 Å². The molecule has 2 unspecified atom stereocenters. The monoisotopic (exact) mass is 638 g/mol. The van der Waals surface area contributed by atoms with Crippen molar-refractivity contribution in [2.75, 3.05) is 19.7 Å². The lowest BCUT2D eigenvalue weighted by Crippen LogP contribution is -2.46. The van der Waals surface area contributed by atoms with E-state index in [0.29, 0.717) is 23.4 Å². The van der Waals surface area contributed by atoms with Gasteiger partial charge in [-0.15, -0.1) is 0 Å². The molecule has 0 spiro atoms. The third-order valence-corrected chi connectivity index (χ3v) is 10.2. The molecule has 3 aromatic carbocycles. The van der Waals surface area contributed by atoms with Crippen LogP contribution in [0.25, 0.3) is 11.1 Å². The van der Waals surface area contributed by atoms with E-state index < -0.39 is 12.4 Å². The fourth-order valence-electron chi connectivity index (χ4n) is 8.44. The van der Waals surface area contributed by atoms with E-state index in [1.165, 1.54) is 19.3 Å². The Morgan fingerprint density at radius 3 is 2.49 bits per heavy atom. The molecule has 3 aromatic rings. The summed E-state index contributed by atoms with van der Waals surface area (Å²) in [5.41, 5.74) is 6.74. The van der Waals surface area contributed by atoms with E-state index in [9.17, 15) is 9.90 Å². The van der Waals surface area contributed by atoms with Gasteiger partial charge in [-0.2, -0.15) is 0 Å². The highest BCUT2D eigenvalue weighted by Gasteiger charge is 2.51. The van der Waals surface area contributed by atoms with E-state index in [-0.39, 0.29) is 31.3 Å². The summed E-state index contributed by atoms with van der Waals surface area (Å²) in [6.07, 6.45) is 4.13. The molecule has 2 aliphatic heterocycles. The summed E-state index contributed by atoms with van der Waals surface area (Å²) in [4.78, 5) is 14.6. The minimum atomic E-state index is -0.530. The first-order chi connectivity index (χ1) is 22.5. The first-order valence-corrected chi connectivity index (χ1v) is 17.0. The normalized spacial score (nSPS) is 28.5. The molecule has 250 valence electrons. The van der Waals surface area contributed by atoms with E-state index in [4.69, 9.17) is 14.2 Å². The summed E-state index contributed by atoms with van der Waals surface area (Å²) in [7, 11) is 0. The Morgan fingerprint density at radius 1 is 1.00 bits per heavy atom. The number of hydrogen-bond donors (Lipinski definition) is 2. The largest absolute Gasteiger partial charge is 0.445 e. The number of aliphatic hydroxyl groups excluding tert-OH is 1. The maximum absolute atomic E-state index is 11.9. The molecule has 3 fully saturated rings.